The molecule has 1 N–H and O–H groups in total. The van der Waals surface area contributed by atoms with Gasteiger partial charge < -0.3 is 19.5 Å². The van der Waals surface area contributed by atoms with E-state index in [2.05, 4.69) is 11.4 Å². The maximum atomic E-state index is 12.5. The van der Waals surface area contributed by atoms with Gasteiger partial charge in [0, 0.05) is 23.6 Å². The fourth-order valence-corrected chi connectivity index (χ4v) is 4.05. The minimum absolute atomic E-state index is 0.123. The van der Waals surface area contributed by atoms with Gasteiger partial charge in [-0.15, -0.1) is 0 Å². The molecule has 0 radical (unpaired) electrons. The number of hydrogen-bond donors (Lipinski definition) is 1. The standard InChI is InChI=1S/C26H30ClNO5/c1-15(2)28-24-18(25(31-5)17(4)19-14-32-26(30)23(19)24)12-10-16(3)11-13-22(29)33-21-9-7-6-8-20(21)27/h6-10,15,28H,11-14H2,1-5H3/b16-10+. The third-order valence-corrected chi connectivity index (χ3v) is 5.86. The van der Waals surface area contributed by atoms with Crippen LogP contribution in [0.1, 0.15) is 60.7 Å². The van der Waals surface area contributed by atoms with Crippen LogP contribution in [0.2, 0.25) is 5.02 Å². The highest BCUT2D eigenvalue weighted by atomic mass is 35.5. The quantitative estimate of drug-likeness (QED) is 0.274. The molecule has 176 valence electrons. The van der Waals surface area contributed by atoms with Crippen LogP contribution in [-0.4, -0.2) is 25.1 Å². The number of carbonyl (C=O) groups is 2. The molecule has 1 aliphatic heterocycles. The summed E-state index contributed by atoms with van der Waals surface area (Å²) in [4.78, 5) is 24.7. The average molecular weight is 472 g/mol. The van der Waals surface area contributed by atoms with Crippen LogP contribution in [0.15, 0.2) is 35.9 Å². The van der Waals surface area contributed by atoms with Crippen LogP contribution in [-0.2, 0) is 22.6 Å². The second-order valence-electron chi connectivity index (χ2n) is 8.40. The molecule has 7 heteroatoms. The number of hydrogen-bond acceptors (Lipinski definition) is 6. The molecule has 33 heavy (non-hydrogen) atoms. The molecule has 0 saturated carbocycles. The van der Waals surface area contributed by atoms with Crippen LogP contribution >= 0.6 is 11.6 Å². The van der Waals surface area contributed by atoms with Crippen molar-refractivity contribution < 1.29 is 23.8 Å². The molecule has 0 bridgehead atoms. The Balaban J connectivity index is 1.78. The first-order chi connectivity index (χ1) is 15.7. The molecule has 0 spiro atoms. The van der Waals surface area contributed by atoms with E-state index in [1.54, 1.807) is 31.4 Å². The predicted octanol–water partition coefficient (Wildman–Crippen LogP) is 6.02. The number of esters is 2. The molecule has 0 saturated heterocycles. The van der Waals surface area contributed by atoms with Crippen molar-refractivity contribution in [3.63, 3.8) is 0 Å². The number of rotatable bonds is 9. The van der Waals surface area contributed by atoms with Gasteiger partial charge in [-0.2, -0.15) is 0 Å². The first-order valence-electron chi connectivity index (χ1n) is 11.0. The number of anilines is 1. The lowest BCUT2D eigenvalue weighted by molar-refractivity contribution is -0.134. The topological polar surface area (TPSA) is 73.9 Å². The van der Waals surface area contributed by atoms with E-state index in [4.69, 9.17) is 25.8 Å². The van der Waals surface area contributed by atoms with Crippen molar-refractivity contribution in [1.29, 1.82) is 0 Å². The molecule has 0 atom stereocenters. The van der Waals surface area contributed by atoms with Gasteiger partial charge in [-0.3, -0.25) is 4.79 Å². The summed E-state index contributed by atoms with van der Waals surface area (Å²) in [5.41, 5.74) is 5.06. The van der Waals surface area contributed by atoms with Crippen molar-refractivity contribution in [3.8, 4) is 11.5 Å². The molecule has 0 amide bonds. The van der Waals surface area contributed by atoms with Gasteiger partial charge >= 0.3 is 11.9 Å². The molecule has 2 aromatic rings. The van der Waals surface area contributed by atoms with E-state index in [1.165, 1.54) is 0 Å². The molecule has 6 nitrogen and oxygen atoms in total. The van der Waals surface area contributed by atoms with E-state index in [-0.39, 0.29) is 31.0 Å². The van der Waals surface area contributed by atoms with E-state index < -0.39 is 0 Å². The molecule has 1 heterocycles. The van der Waals surface area contributed by atoms with Crippen molar-refractivity contribution >= 4 is 29.2 Å². The molecule has 0 aliphatic carbocycles. The zero-order valence-electron chi connectivity index (χ0n) is 19.7. The van der Waals surface area contributed by atoms with Crippen LogP contribution in [0.5, 0.6) is 11.5 Å². The Kier molecular flexibility index (Phi) is 8.03. The Morgan fingerprint density at radius 2 is 2.00 bits per heavy atom. The van der Waals surface area contributed by atoms with Crippen LogP contribution in [0.3, 0.4) is 0 Å². The Morgan fingerprint density at radius 1 is 1.27 bits per heavy atom. The maximum Gasteiger partial charge on any atom is 0.341 e. The normalized spacial score (nSPS) is 13.1. The number of allylic oxidation sites excluding steroid dienone is 2. The van der Waals surface area contributed by atoms with Crippen molar-refractivity contribution in [2.24, 2.45) is 0 Å². The molecule has 0 unspecified atom stereocenters. The molecule has 0 fully saturated rings. The zero-order valence-corrected chi connectivity index (χ0v) is 20.5. The monoisotopic (exact) mass is 471 g/mol. The first-order valence-corrected chi connectivity index (χ1v) is 11.4. The molecule has 2 aromatic carbocycles. The number of methoxy groups -OCH3 is 1. The van der Waals surface area contributed by atoms with Crippen LogP contribution in [0.25, 0.3) is 0 Å². The van der Waals surface area contributed by atoms with Gasteiger partial charge in [-0.1, -0.05) is 35.4 Å². The molecule has 3 rings (SSSR count). The fourth-order valence-electron chi connectivity index (χ4n) is 3.88. The SMILES string of the molecule is COc1c(C)c2c(c(NC(C)C)c1C/C=C(\C)CCC(=O)Oc1ccccc1Cl)C(=O)OC2. The van der Waals surface area contributed by atoms with E-state index in [0.29, 0.717) is 29.2 Å². The minimum Gasteiger partial charge on any atom is -0.496 e. The summed E-state index contributed by atoms with van der Waals surface area (Å²) in [6.07, 6.45) is 3.38. The largest absolute Gasteiger partial charge is 0.496 e. The average Bonchev–Trinajstić information content (AvgIpc) is 3.16. The summed E-state index contributed by atoms with van der Waals surface area (Å²) in [5.74, 6) is 0.452. The van der Waals surface area contributed by atoms with Gasteiger partial charge in [0.15, 0.2) is 0 Å². The fraction of sp³-hybridized carbons (Fsp3) is 0.385. The van der Waals surface area contributed by atoms with E-state index in [1.807, 2.05) is 27.7 Å². The van der Waals surface area contributed by atoms with Gasteiger partial charge in [0.25, 0.3) is 0 Å². The third kappa shape index (κ3) is 5.69. The number of fused-ring (bicyclic) bond motifs is 1. The van der Waals surface area contributed by atoms with Crippen molar-refractivity contribution in [2.75, 3.05) is 12.4 Å². The summed E-state index contributed by atoms with van der Waals surface area (Å²) < 4.78 is 16.4. The highest BCUT2D eigenvalue weighted by Crippen LogP contribution is 2.41. The number of cyclic esters (lactones) is 1. The second-order valence-corrected chi connectivity index (χ2v) is 8.81. The summed E-state index contributed by atoms with van der Waals surface area (Å²) in [6.45, 7) is 8.22. The van der Waals surface area contributed by atoms with Gasteiger partial charge in [-0.25, -0.2) is 4.79 Å². The highest BCUT2D eigenvalue weighted by molar-refractivity contribution is 6.32. The van der Waals surface area contributed by atoms with Crippen LogP contribution in [0.4, 0.5) is 5.69 Å². The summed E-state index contributed by atoms with van der Waals surface area (Å²) in [7, 11) is 1.64. The Bertz CT molecular complexity index is 1090. The lowest BCUT2D eigenvalue weighted by Crippen LogP contribution is -2.16. The van der Waals surface area contributed by atoms with Crippen molar-refractivity contribution in [2.45, 2.75) is 59.6 Å². The summed E-state index contributed by atoms with van der Waals surface area (Å²) >= 11 is 6.05. The minimum atomic E-state index is -0.341. The number of carbonyl (C=O) groups excluding carboxylic acids is 2. The Morgan fingerprint density at radius 3 is 2.67 bits per heavy atom. The molecule has 0 aromatic heterocycles. The van der Waals surface area contributed by atoms with Gasteiger partial charge in [0.2, 0.25) is 0 Å². The maximum absolute atomic E-state index is 12.5. The molecular formula is C26H30ClNO5. The lowest BCUT2D eigenvalue weighted by Gasteiger charge is -2.22. The number of ether oxygens (including phenoxy) is 3. The van der Waals surface area contributed by atoms with E-state index in [0.717, 1.165) is 33.7 Å². The smallest absolute Gasteiger partial charge is 0.341 e. The van der Waals surface area contributed by atoms with Gasteiger partial charge in [0.1, 0.15) is 18.1 Å². The predicted molar refractivity (Wildman–Crippen MR) is 129 cm³/mol. The van der Waals surface area contributed by atoms with Gasteiger partial charge in [-0.05, 0) is 58.2 Å². The van der Waals surface area contributed by atoms with Crippen molar-refractivity contribution in [3.05, 3.63) is 63.2 Å². The number of para-hydroxylation sites is 1. The van der Waals surface area contributed by atoms with Gasteiger partial charge in [0.05, 0.1) is 23.4 Å². The second kappa shape index (κ2) is 10.8. The lowest BCUT2D eigenvalue weighted by atomic mass is 9.93. The van der Waals surface area contributed by atoms with E-state index in [9.17, 15) is 9.59 Å². The molecular weight excluding hydrogens is 442 g/mol. The first kappa shape index (κ1) is 24.6. The summed E-state index contributed by atoms with van der Waals surface area (Å²) in [5, 5.41) is 3.82. The van der Waals surface area contributed by atoms with Crippen LogP contribution in [0, 0.1) is 6.92 Å². The third-order valence-electron chi connectivity index (χ3n) is 5.55. The number of halogens is 1. The van der Waals surface area contributed by atoms with Crippen LogP contribution < -0.4 is 14.8 Å². The highest BCUT2D eigenvalue weighted by Gasteiger charge is 2.32. The number of benzene rings is 2. The number of nitrogens with one attached hydrogen (secondary N) is 1. The zero-order chi connectivity index (χ0) is 24.1. The van der Waals surface area contributed by atoms with Crippen molar-refractivity contribution in [1.82, 2.24) is 0 Å². The Labute approximate surface area is 199 Å². The van der Waals surface area contributed by atoms with E-state index >= 15 is 0 Å². The Hall–Kier alpha value is -2.99. The summed E-state index contributed by atoms with van der Waals surface area (Å²) in [6, 6.07) is 7.02. The molecule has 1 aliphatic rings.